The lowest BCUT2D eigenvalue weighted by Gasteiger charge is -1.94. The van der Waals surface area contributed by atoms with Gasteiger partial charge in [0.2, 0.25) is 0 Å². The van der Waals surface area contributed by atoms with Crippen LogP contribution in [0.1, 0.15) is 22.9 Å². The van der Waals surface area contributed by atoms with E-state index < -0.39 is 0 Å². The first kappa shape index (κ1) is 9.47. The lowest BCUT2D eigenvalue weighted by Crippen LogP contribution is -1.72. The average Bonchev–Trinajstić information content (AvgIpc) is 2.48. The van der Waals surface area contributed by atoms with Crippen LogP contribution in [0.2, 0.25) is 0 Å². The molecule has 0 atom stereocenters. The first-order valence-electron chi connectivity index (χ1n) is 4.85. The Balaban J connectivity index is 2.79. The van der Waals surface area contributed by atoms with Gasteiger partial charge in [0.05, 0.1) is 0 Å². The van der Waals surface area contributed by atoms with Gasteiger partial charge in [0.25, 0.3) is 0 Å². The van der Waals surface area contributed by atoms with E-state index in [4.69, 9.17) is 0 Å². The number of rotatable bonds is 1. The highest BCUT2D eigenvalue weighted by molar-refractivity contribution is 7.20. The van der Waals surface area contributed by atoms with E-state index in [9.17, 15) is 0 Å². The zero-order chi connectivity index (χ0) is 10.1. The van der Waals surface area contributed by atoms with Gasteiger partial charge < -0.3 is 0 Å². The number of aryl methyl sites for hydroxylation is 2. The molecule has 0 fully saturated rings. The molecule has 0 nitrogen and oxygen atoms in total. The molecule has 0 aliphatic carbocycles. The summed E-state index contributed by atoms with van der Waals surface area (Å²) in [5.74, 6) is 0. The molecule has 2 rings (SSSR count). The molecule has 0 bridgehead atoms. The first-order valence-corrected chi connectivity index (χ1v) is 5.67. The molecule has 0 unspecified atom stereocenters. The summed E-state index contributed by atoms with van der Waals surface area (Å²) in [6.07, 6.45) is 4.30. The molecule has 1 heterocycles. The summed E-state index contributed by atoms with van der Waals surface area (Å²) in [6.45, 7) is 6.45. The molecule has 1 heteroatoms. The Morgan fingerprint density at radius 3 is 2.64 bits per heavy atom. The van der Waals surface area contributed by atoms with Gasteiger partial charge >= 0.3 is 0 Å². The summed E-state index contributed by atoms with van der Waals surface area (Å²) < 4.78 is 1.43. The van der Waals surface area contributed by atoms with Crippen molar-refractivity contribution in [2.75, 3.05) is 0 Å². The van der Waals surface area contributed by atoms with Crippen LogP contribution in [-0.4, -0.2) is 0 Å². The van der Waals surface area contributed by atoms with E-state index in [-0.39, 0.29) is 0 Å². The number of hydrogen-bond donors (Lipinski definition) is 0. The monoisotopic (exact) mass is 202 g/mol. The Morgan fingerprint density at radius 1 is 1.21 bits per heavy atom. The van der Waals surface area contributed by atoms with Crippen molar-refractivity contribution in [3.8, 4) is 0 Å². The third kappa shape index (κ3) is 1.38. The van der Waals surface area contributed by atoms with Crippen LogP contribution in [0.5, 0.6) is 0 Å². The normalized spacial score (nSPS) is 11.6. The van der Waals surface area contributed by atoms with Gasteiger partial charge in [-0.3, -0.25) is 0 Å². The van der Waals surface area contributed by atoms with E-state index in [0.717, 1.165) is 0 Å². The molecular formula is C13H14S. The van der Waals surface area contributed by atoms with E-state index in [1.165, 1.54) is 26.1 Å². The number of allylic oxidation sites excluding steroid dienone is 1. The lowest BCUT2D eigenvalue weighted by molar-refractivity contribution is 1.53. The Bertz CT molecular complexity index is 489. The highest BCUT2D eigenvalue weighted by Gasteiger charge is 2.06. The highest BCUT2D eigenvalue weighted by Crippen LogP contribution is 2.33. The van der Waals surface area contributed by atoms with Crippen LogP contribution in [0.25, 0.3) is 16.2 Å². The van der Waals surface area contributed by atoms with E-state index in [0.29, 0.717) is 0 Å². The Hall–Kier alpha value is -1.08. The SMILES string of the molecule is C/C=C\c1sc2c(C)cccc2c1C. The molecule has 0 amide bonds. The van der Waals surface area contributed by atoms with Gasteiger partial charge in [-0.1, -0.05) is 24.3 Å². The summed E-state index contributed by atoms with van der Waals surface area (Å²) in [6, 6.07) is 6.52. The van der Waals surface area contributed by atoms with Crippen molar-refractivity contribution in [3.05, 3.63) is 40.3 Å². The van der Waals surface area contributed by atoms with Crippen molar-refractivity contribution in [1.82, 2.24) is 0 Å². The summed E-state index contributed by atoms with van der Waals surface area (Å²) in [7, 11) is 0. The molecule has 0 spiro atoms. The first-order chi connectivity index (χ1) is 6.74. The summed E-state index contributed by atoms with van der Waals surface area (Å²) in [5, 5.41) is 1.41. The lowest BCUT2D eigenvalue weighted by atomic mass is 10.1. The molecule has 0 saturated carbocycles. The third-order valence-corrected chi connectivity index (χ3v) is 3.92. The van der Waals surface area contributed by atoms with Crippen molar-refractivity contribution >= 4 is 27.5 Å². The van der Waals surface area contributed by atoms with Gasteiger partial charge in [0.15, 0.2) is 0 Å². The predicted molar refractivity (Wildman–Crippen MR) is 66.0 cm³/mol. The minimum absolute atomic E-state index is 1.38. The number of thiophene rings is 1. The van der Waals surface area contributed by atoms with Crippen molar-refractivity contribution in [2.24, 2.45) is 0 Å². The van der Waals surface area contributed by atoms with E-state index in [1.807, 2.05) is 11.3 Å². The van der Waals surface area contributed by atoms with Gasteiger partial charge in [-0.2, -0.15) is 0 Å². The molecule has 0 radical (unpaired) electrons. The topological polar surface area (TPSA) is 0 Å². The zero-order valence-corrected chi connectivity index (χ0v) is 9.61. The van der Waals surface area contributed by atoms with Crippen LogP contribution in [0.15, 0.2) is 24.3 Å². The van der Waals surface area contributed by atoms with Gasteiger partial charge in [-0.15, -0.1) is 11.3 Å². The van der Waals surface area contributed by atoms with Crippen LogP contribution in [0, 0.1) is 13.8 Å². The van der Waals surface area contributed by atoms with Crippen molar-refractivity contribution < 1.29 is 0 Å². The molecule has 0 saturated heterocycles. The second kappa shape index (κ2) is 3.58. The second-order valence-electron chi connectivity index (χ2n) is 3.54. The minimum Gasteiger partial charge on any atom is -0.135 e. The molecule has 14 heavy (non-hydrogen) atoms. The molecule has 0 aliphatic heterocycles. The van der Waals surface area contributed by atoms with Crippen LogP contribution in [-0.2, 0) is 0 Å². The van der Waals surface area contributed by atoms with Gasteiger partial charge in [0.1, 0.15) is 0 Å². The number of benzene rings is 1. The largest absolute Gasteiger partial charge is 0.135 e. The summed E-state index contributed by atoms with van der Waals surface area (Å²) in [4.78, 5) is 1.39. The van der Waals surface area contributed by atoms with Gasteiger partial charge in [0, 0.05) is 9.58 Å². The Labute approximate surface area is 88.9 Å². The zero-order valence-electron chi connectivity index (χ0n) is 8.79. The fourth-order valence-electron chi connectivity index (χ4n) is 1.71. The molecule has 72 valence electrons. The molecule has 0 aliphatic rings. The van der Waals surface area contributed by atoms with E-state index in [2.05, 4.69) is 51.1 Å². The third-order valence-electron chi connectivity index (χ3n) is 2.52. The van der Waals surface area contributed by atoms with Gasteiger partial charge in [-0.05, 0) is 43.4 Å². The Kier molecular flexibility index (Phi) is 2.42. The second-order valence-corrected chi connectivity index (χ2v) is 4.60. The highest BCUT2D eigenvalue weighted by atomic mass is 32.1. The number of fused-ring (bicyclic) bond motifs is 1. The van der Waals surface area contributed by atoms with E-state index >= 15 is 0 Å². The van der Waals surface area contributed by atoms with Gasteiger partial charge in [-0.25, -0.2) is 0 Å². The van der Waals surface area contributed by atoms with Crippen molar-refractivity contribution in [2.45, 2.75) is 20.8 Å². The van der Waals surface area contributed by atoms with Crippen molar-refractivity contribution in [3.63, 3.8) is 0 Å². The molecule has 0 N–H and O–H groups in total. The predicted octanol–water partition coefficient (Wildman–Crippen LogP) is 4.55. The number of hydrogen-bond acceptors (Lipinski definition) is 1. The summed E-state index contributed by atoms with van der Waals surface area (Å²) >= 11 is 1.89. The van der Waals surface area contributed by atoms with Crippen molar-refractivity contribution in [1.29, 1.82) is 0 Å². The van der Waals surface area contributed by atoms with Crippen LogP contribution in [0.3, 0.4) is 0 Å². The maximum Gasteiger partial charge on any atom is 0.0381 e. The van der Waals surface area contributed by atoms with Crippen LogP contribution < -0.4 is 0 Å². The Morgan fingerprint density at radius 2 is 2.00 bits per heavy atom. The quantitative estimate of drug-likeness (QED) is 0.636. The van der Waals surface area contributed by atoms with E-state index in [1.54, 1.807) is 0 Å². The summed E-state index contributed by atoms with van der Waals surface area (Å²) in [5.41, 5.74) is 2.79. The average molecular weight is 202 g/mol. The maximum atomic E-state index is 2.21. The molecule has 1 aromatic carbocycles. The maximum absolute atomic E-state index is 2.21. The molecule has 1 aromatic heterocycles. The van der Waals surface area contributed by atoms with Crippen LogP contribution >= 0.6 is 11.3 Å². The standard InChI is InChI=1S/C13H14S/c1-4-6-12-10(3)11-8-5-7-9(2)13(11)14-12/h4-8H,1-3H3/b6-4-. The molecular weight excluding hydrogens is 188 g/mol. The fourth-order valence-corrected chi connectivity index (χ4v) is 2.96. The molecule has 2 aromatic rings. The minimum atomic E-state index is 1.38. The fraction of sp³-hybridized carbons (Fsp3) is 0.231. The van der Waals surface area contributed by atoms with Crippen LogP contribution in [0.4, 0.5) is 0 Å². The smallest absolute Gasteiger partial charge is 0.0381 e.